The summed E-state index contributed by atoms with van der Waals surface area (Å²) in [4.78, 5) is 10.5. The standard InChI is InChI=1S/C11H14N4S/c1-8-14-9(7-16-8)6-15(2)10-3-4-13-11(12)5-10/h3-5,7H,6H2,1-2H3,(H2,12,13). The second-order valence-corrected chi connectivity index (χ2v) is 4.72. The Bertz CT molecular complexity index is 480. The zero-order valence-corrected chi connectivity index (χ0v) is 10.2. The lowest BCUT2D eigenvalue weighted by Crippen LogP contribution is -2.16. The molecule has 0 aromatic carbocycles. The minimum atomic E-state index is 0.541. The molecule has 2 N–H and O–H groups in total. The molecule has 2 heterocycles. The fraction of sp³-hybridized carbons (Fsp3) is 0.273. The number of hydrogen-bond acceptors (Lipinski definition) is 5. The van der Waals surface area contributed by atoms with Crippen LogP contribution in [0.1, 0.15) is 10.7 Å². The number of aromatic nitrogens is 2. The Morgan fingerprint density at radius 3 is 2.94 bits per heavy atom. The number of nitrogens with zero attached hydrogens (tertiary/aromatic N) is 3. The number of nitrogen functional groups attached to an aromatic ring is 1. The van der Waals surface area contributed by atoms with Crippen molar-refractivity contribution in [1.29, 1.82) is 0 Å². The van der Waals surface area contributed by atoms with Crippen LogP contribution in [0.2, 0.25) is 0 Å². The molecule has 0 amide bonds. The Morgan fingerprint density at radius 1 is 1.50 bits per heavy atom. The number of aryl methyl sites for hydroxylation is 1. The molecule has 0 atom stereocenters. The van der Waals surface area contributed by atoms with Crippen molar-refractivity contribution < 1.29 is 0 Å². The molecule has 0 aliphatic heterocycles. The van der Waals surface area contributed by atoms with E-state index in [9.17, 15) is 0 Å². The molecule has 0 bridgehead atoms. The average Bonchev–Trinajstić information content (AvgIpc) is 2.64. The first kappa shape index (κ1) is 10.9. The van der Waals surface area contributed by atoms with Gasteiger partial charge in [-0.25, -0.2) is 9.97 Å². The summed E-state index contributed by atoms with van der Waals surface area (Å²) in [6.45, 7) is 2.80. The topological polar surface area (TPSA) is 55.0 Å². The predicted octanol–water partition coefficient (Wildman–Crippen LogP) is 2.07. The molecule has 0 aliphatic carbocycles. The normalized spacial score (nSPS) is 10.4. The van der Waals surface area contributed by atoms with Gasteiger partial charge in [-0.2, -0.15) is 0 Å². The van der Waals surface area contributed by atoms with Crippen LogP contribution in [-0.2, 0) is 6.54 Å². The van der Waals surface area contributed by atoms with Crippen LogP contribution in [-0.4, -0.2) is 17.0 Å². The fourth-order valence-electron chi connectivity index (χ4n) is 1.49. The van der Waals surface area contributed by atoms with Crippen molar-refractivity contribution >= 4 is 22.8 Å². The van der Waals surface area contributed by atoms with Gasteiger partial charge in [0.2, 0.25) is 0 Å². The van der Waals surface area contributed by atoms with Crippen molar-refractivity contribution in [2.24, 2.45) is 0 Å². The minimum Gasteiger partial charge on any atom is -0.384 e. The van der Waals surface area contributed by atoms with Gasteiger partial charge in [-0.1, -0.05) is 0 Å². The van der Waals surface area contributed by atoms with Crippen molar-refractivity contribution in [1.82, 2.24) is 9.97 Å². The van der Waals surface area contributed by atoms with E-state index in [-0.39, 0.29) is 0 Å². The zero-order valence-electron chi connectivity index (χ0n) is 9.34. The molecule has 16 heavy (non-hydrogen) atoms. The SMILES string of the molecule is Cc1nc(CN(C)c2ccnc(N)c2)cs1. The third-order valence-electron chi connectivity index (χ3n) is 2.27. The lowest BCUT2D eigenvalue weighted by Gasteiger charge is -2.17. The van der Waals surface area contributed by atoms with Gasteiger partial charge in [-0.3, -0.25) is 0 Å². The van der Waals surface area contributed by atoms with E-state index in [1.54, 1.807) is 17.5 Å². The number of rotatable bonds is 3. The van der Waals surface area contributed by atoms with E-state index in [0.717, 1.165) is 22.9 Å². The number of hydrogen-bond donors (Lipinski definition) is 1. The summed E-state index contributed by atoms with van der Waals surface area (Å²) in [6, 6.07) is 3.80. The zero-order chi connectivity index (χ0) is 11.5. The highest BCUT2D eigenvalue weighted by molar-refractivity contribution is 7.09. The molecular formula is C11H14N4S. The lowest BCUT2D eigenvalue weighted by molar-refractivity contribution is 0.889. The Kier molecular flexibility index (Phi) is 3.05. The van der Waals surface area contributed by atoms with Gasteiger partial charge in [0.15, 0.2) is 0 Å². The van der Waals surface area contributed by atoms with Gasteiger partial charge in [0.05, 0.1) is 17.2 Å². The molecule has 0 aliphatic rings. The average molecular weight is 234 g/mol. The van der Waals surface area contributed by atoms with Crippen LogP contribution >= 0.6 is 11.3 Å². The molecule has 0 fully saturated rings. The van der Waals surface area contributed by atoms with E-state index in [2.05, 4.69) is 20.2 Å². The van der Waals surface area contributed by atoms with E-state index in [1.807, 2.05) is 26.1 Å². The van der Waals surface area contributed by atoms with Crippen LogP contribution in [0.3, 0.4) is 0 Å². The number of anilines is 2. The molecule has 2 rings (SSSR count). The highest BCUT2D eigenvalue weighted by Crippen LogP contribution is 2.17. The molecule has 2 aromatic rings. The minimum absolute atomic E-state index is 0.541. The molecule has 0 spiro atoms. The van der Waals surface area contributed by atoms with Crippen LogP contribution in [0.15, 0.2) is 23.7 Å². The number of nitrogens with two attached hydrogens (primary N) is 1. The Balaban J connectivity index is 2.11. The third-order valence-corrected chi connectivity index (χ3v) is 3.09. The van der Waals surface area contributed by atoms with E-state index in [4.69, 9.17) is 5.73 Å². The van der Waals surface area contributed by atoms with Crippen molar-refractivity contribution in [3.63, 3.8) is 0 Å². The van der Waals surface area contributed by atoms with Crippen molar-refractivity contribution in [2.75, 3.05) is 17.7 Å². The maximum absolute atomic E-state index is 5.64. The molecule has 84 valence electrons. The smallest absolute Gasteiger partial charge is 0.125 e. The van der Waals surface area contributed by atoms with Gasteiger partial charge in [0.1, 0.15) is 5.82 Å². The van der Waals surface area contributed by atoms with E-state index in [0.29, 0.717) is 5.82 Å². The van der Waals surface area contributed by atoms with E-state index >= 15 is 0 Å². The predicted molar refractivity (Wildman–Crippen MR) is 67.6 cm³/mol. The molecule has 4 nitrogen and oxygen atoms in total. The lowest BCUT2D eigenvalue weighted by atomic mass is 10.3. The summed E-state index contributed by atoms with van der Waals surface area (Å²) in [5, 5.41) is 3.17. The van der Waals surface area contributed by atoms with Crippen LogP contribution < -0.4 is 10.6 Å². The fourth-order valence-corrected chi connectivity index (χ4v) is 2.09. The number of thiazole rings is 1. The van der Waals surface area contributed by atoms with Crippen LogP contribution in [0.4, 0.5) is 11.5 Å². The van der Waals surface area contributed by atoms with Gasteiger partial charge in [0.25, 0.3) is 0 Å². The quantitative estimate of drug-likeness (QED) is 0.883. The van der Waals surface area contributed by atoms with Crippen molar-refractivity contribution in [3.8, 4) is 0 Å². The molecule has 0 radical (unpaired) electrons. The highest BCUT2D eigenvalue weighted by Gasteiger charge is 2.05. The molecule has 2 aromatic heterocycles. The molecule has 0 saturated heterocycles. The van der Waals surface area contributed by atoms with Gasteiger partial charge < -0.3 is 10.6 Å². The summed E-state index contributed by atoms with van der Waals surface area (Å²) in [6.07, 6.45) is 1.72. The maximum Gasteiger partial charge on any atom is 0.125 e. The van der Waals surface area contributed by atoms with Crippen LogP contribution in [0, 0.1) is 6.92 Å². The second kappa shape index (κ2) is 4.49. The first-order valence-electron chi connectivity index (χ1n) is 4.99. The summed E-state index contributed by atoms with van der Waals surface area (Å²) in [5.41, 5.74) is 7.78. The highest BCUT2D eigenvalue weighted by atomic mass is 32.1. The van der Waals surface area contributed by atoms with Crippen LogP contribution in [0.5, 0.6) is 0 Å². The van der Waals surface area contributed by atoms with Gasteiger partial charge >= 0.3 is 0 Å². The maximum atomic E-state index is 5.64. The largest absolute Gasteiger partial charge is 0.384 e. The van der Waals surface area contributed by atoms with Gasteiger partial charge in [-0.15, -0.1) is 11.3 Å². The van der Waals surface area contributed by atoms with Crippen molar-refractivity contribution in [3.05, 3.63) is 34.4 Å². The number of pyridine rings is 1. The molecule has 0 saturated carbocycles. The van der Waals surface area contributed by atoms with Crippen LogP contribution in [0.25, 0.3) is 0 Å². The van der Waals surface area contributed by atoms with E-state index in [1.165, 1.54) is 0 Å². The summed E-state index contributed by atoms with van der Waals surface area (Å²) in [7, 11) is 2.02. The summed E-state index contributed by atoms with van der Waals surface area (Å²) in [5.74, 6) is 0.541. The molecular weight excluding hydrogens is 220 g/mol. The first-order chi connectivity index (χ1) is 7.65. The Hall–Kier alpha value is -1.62. The Labute approximate surface area is 98.8 Å². The van der Waals surface area contributed by atoms with Gasteiger partial charge in [0, 0.05) is 30.4 Å². The third kappa shape index (κ3) is 2.49. The Morgan fingerprint density at radius 2 is 2.31 bits per heavy atom. The monoisotopic (exact) mass is 234 g/mol. The molecule has 5 heteroatoms. The molecule has 0 unspecified atom stereocenters. The first-order valence-corrected chi connectivity index (χ1v) is 5.87. The second-order valence-electron chi connectivity index (χ2n) is 3.65. The van der Waals surface area contributed by atoms with E-state index < -0.39 is 0 Å². The van der Waals surface area contributed by atoms with Gasteiger partial charge in [-0.05, 0) is 13.0 Å². The van der Waals surface area contributed by atoms with Crippen molar-refractivity contribution in [2.45, 2.75) is 13.5 Å². The summed E-state index contributed by atoms with van der Waals surface area (Å²) >= 11 is 1.67. The summed E-state index contributed by atoms with van der Waals surface area (Å²) < 4.78 is 0.